The minimum Gasteiger partial charge on any atom is -0.314 e. The number of benzene rings is 1. The summed E-state index contributed by atoms with van der Waals surface area (Å²) in [5.41, 5.74) is 1.42. The molecule has 1 atom stereocenters. The van der Waals surface area contributed by atoms with Crippen LogP contribution in [0, 0.1) is 0 Å². The molecule has 0 aliphatic carbocycles. The molecular weight excluding hydrogens is 220 g/mol. The van der Waals surface area contributed by atoms with Crippen molar-refractivity contribution in [3.05, 3.63) is 35.9 Å². The molecule has 1 aromatic rings. The van der Waals surface area contributed by atoms with Crippen molar-refractivity contribution in [1.29, 1.82) is 0 Å². The summed E-state index contributed by atoms with van der Waals surface area (Å²) in [6.07, 6.45) is 3.99. The van der Waals surface area contributed by atoms with E-state index in [1.54, 1.807) is 0 Å². The molecule has 1 aliphatic rings. The van der Waals surface area contributed by atoms with Crippen molar-refractivity contribution in [1.82, 2.24) is 10.2 Å². The van der Waals surface area contributed by atoms with Gasteiger partial charge in [0.2, 0.25) is 0 Å². The van der Waals surface area contributed by atoms with Gasteiger partial charge in [-0.1, -0.05) is 30.3 Å². The van der Waals surface area contributed by atoms with Gasteiger partial charge in [-0.15, -0.1) is 0 Å². The molecular formula is C16H26N2. The maximum Gasteiger partial charge on any atom is 0.0236 e. The predicted molar refractivity (Wildman–Crippen MR) is 77.6 cm³/mol. The van der Waals surface area contributed by atoms with Gasteiger partial charge >= 0.3 is 0 Å². The van der Waals surface area contributed by atoms with E-state index in [2.05, 4.69) is 54.4 Å². The van der Waals surface area contributed by atoms with E-state index in [0.29, 0.717) is 6.04 Å². The highest BCUT2D eigenvalue weighted by Crippen LogP contribution is 2.13. The smallest absolute Gasteiger partial charge is 0.0236 e. The minimum atomic E-state index is 0.617. The second-order valence-corrected chi connectivity index (χ2v) is 5.63. The van der Waals surface area contributed by atoms with Crippen LogP contribution >= 0.6 is 0 Å². The Morgan fingerprint density at radius 3 is 2.67 bits per heavy atom. The average molecular weight is 246 g/mol. The monoisotopic (exact) mass is 246 g/mol. The average Bonchev–Trinajstić information content (AvgIpc) is 2.88. The molecule has 1 N–H and O–H groups in total. The first-order chi connectivity index (χ1) is 8.75. The molecule has 2 heteroatoms. The third kappa shape index (κ3) is 4.11. The van der Waals surface area contributed by atoms with Crippen molar-refractivity contribution in [3.63, 3.8) is 0 Å². The molecule has 1 unspecified atom stereocenters. The summed E-state index contributed by atoms with van der Waals surface area (Å²) in [5, 5.41) is 3.59. The standard InChI is InChI=1S/C16H26N2/c1-14(2)18(12-10-16-9-6-11-17-16)13-15-7-4-3-5-8-15/h3-5,7-8,14,16-17H,6,9-13H2,1-2H3. The molecule has 0 amide bonds. The van der Waals surface area contributed by atoms with E-state index in [4.69, 9.17) is 0 Å². The number of nitrogens with zero attached hydrogens (tertiary/aromatic N) is 1. The van der Waals surface area contributed by atoms with E-state index in [1.165, 1.54) is 37.9 Å². The molecule has 2 rings (SSSR count). The van der Waals surface area contributed by atoms with Gasteiger partial charge in [0.1, 0.15) is 0 Å². The van der Waals surface area contributed by atoms with Gasteiger partial charge in [-0.2, -0.15) is 0 Å². The molecule has 0 radical (unpaired) electrons. The van der Waals surface area contributed by atoms with Crippen molar-refractivity contribution in [2.24, 2.45) is 0 Å². The van der Waals surface area contributed by atoms with Crippen LogP contribution in [0.2, 0.25) is 0 Å². The zero-order chi connectivity index (χ0) is 12.8. The first-order valence-electron chi connectivity index (χ1n) is 7.27. The number of rotatable bonds is 6. The highest BCUT2D eigenvalue weighted by Gasteiger charge is 2.16. The topological polar surface area (TPSA) is 15.3 Å². The largest absolute Gasteiger partial charge is 0.314 e. The van der Waals surface area contributed by atoms with Gasteiger partial charge in [-0.3, -0.25) is 4.90 Å². The number of hydrogen-bond donors (Lipinski definition) is 1. The molecule has 0 aromatic heterocycles. The Balaban J connectivity index is 1.83. The first-order valence-corrected chi connectivity index (χ1v) is 7.27. The molecule has 1 heterocycles. The van der Waals surface area contributed by atoms with Gasteiger partial charge in [-0.25, -0.2) is 0 Å². The van der Waals surface area contributed by atoms with Gasteiger partial charge in [0.25, 0.3) is 0 Å². The van der Waals surface area contributed by atoms with E-state index >= 15 is 0 Å². The summed E-state index contributed by atoms with van der Waals surface area (Å²) in [7, 11) is 0. The molecule has 0 saturated carbocycles. The second-order valence-electron chi connectivity index (χ2n) is 5.63. The van der Waals surface area contributed by atoms with Crippen molar-refractivity contribution in [2.45, 2.75) is 51.7 Å². The van der Waals surface area contributed by atoms with E-state index < -0.39 is 0 Å². The van der Waals surface area contributed by atoms with Crippen LogP contribution in [0.1, 0.15) is 38.7 Å². The molecule has 2 nitrogen and oxygen atoms in total. The van der Waals surface area contributed by atoms with Crippen LogP contribution in [0.25, 0.3) is 0 Å². The molecule has 100 valence electrons. The van der Waals surface area contributed by atoms with Crippen LogP contribution < -0.4 is 5.32 Å². The molecule has 1 aromatic carbocycles. The zero-order valence-corrected chi connectivity index (χ0v) is 11.7. The predicted octanol–water partition coefficient (Wildman–Crippen LogP) is 3.04. The summed E-state index contributed by atoms with van der Waals surface area (Å²) in [4.78, 5) is 2.58. The molecule has 18 heavy (non-hydrogen) atoms. The normalized spacial score (nSPS) is 19.9. The van der Waals surface area contributed by atoms with Gasteiger partial charge in [-0.05, 0) is 45.2 Å². The number of nitrogens with one attached hydrogen (secondary N) is 1. The number of hydrogen-bond acceptors (Lipinski definition) is 2. The van der Waals surface area contributed by atoms with Gasteiger partial charge in [0.15, 0.2) is 0 Å². The summed E-state index contributed by atoms with van der Waals surface area (Å²) in [6, 6.07) is 12.2. The van der Waals surface area contributed by atoms with Crippen LogP contribution in [0.15, 0.2) is 30.3 Å². The molecule has 1 aliphatic heterocycles. The lowest BCUT2D eigenvalue weighted by Gasteiger charge is -2.27. The summed E-state index contributed by atoms with van der Waals surface area (Å²) >= 11 is 0. The van der Waals surface area contributed by atoms with Crippen LogP contribution in [-0.4, -0.2) is 30.1 Å². The Kier molecular flexibility index (Phi) is 5.21. The Hall–Kier alpha value is -0.860. The molecule has 1 fully saturated rings. The van der Waals surface area contributed by atoms with E-state index in [1.807, 2.05) is 0 Å². The minimum absolute atomic E-state index is 0.617. The van der Waals surface area contributed by atoms with Crippen molar-refractivity contribution in [3.8, 4) is 0 Å². The maximum absolute atomic E-state index is 3.59. The van der Waals surface area contributed by atoms with Gasteiger partial charge in [0, 0.05) is 25.2 Å². The zero-order valence-electron chi connectivity index (χ0n) is 11.7. The van der Waals surface area contributed by atoms with Crippen LogP contribution in [0.5, 0.6) is 0 Å². The fourth-order valence-electron chi connectivity index (χ4n) is 2.66. The Morgan fingerprint density at radius 2 is 2.06 bits per heavy atom. The van der Waals surface area contributed by atoms with Crippen LogP contribution in [0.4, 0.5) is 0 Å². The van der Waals surface area contributed by atoms with Gasteiger partial charge in [0.05, 0.1) is 0 Å². The summed E-state index contributed by atoms with van der Waals surface area (Å²) in [5.74, 6) is 0. The fourth-order valence-corrected chi connectivity index (χ4v) is 2.66. The third-order valence-electron chi connectivity index (χ3n) is 3.89. The molecule has 0 spiro atoms. The second kappa shape index (κ2) is 6.91. The quantitative estimate of drug-likeness (QED) is 0.830. The van der Waals surface area contributed by atoms with Crippen LogP contribution in [0.3, 0.4) is 0 Å². The first kappa shape index (κ1) is 13.6. The third-order valence-corrected chi connectivity index (χ3v) is 3.89. The SMILES string of the molecule is CC(C)N(CCC1CCCN1)Cc1ccccc1. The molecule has 1 saturated heterocycles. The van der Waals surface area contributed by atoms with E-state index in [0.717, 1.165) is 12.6 Å². The highest BCUT2D eigenvalue weighted by atomic mass is 15.1. The van der Waals surface area contributed by atoms with Crippen molar-refractivity contribution < 1.29 is 0 Å². The lowest BCUT2D eigenvalue weighted by Crippen LogP contribution is -2.34. The lowest BCUT2D eigenvalue weighted by molar-refractivity contribution is 0.203. The highest BCUT2D eigenvalue weighted by molar-refractivity contribution is 5.14. The van der Waals surface area contributed by atoms with Crippen molar-refractivity contribution >= 4 is 0 Å². The Bertz CT molecular complexity index is 328. The lowest BCUT2D eigenvalue weighted by atomic mass is 10.1. The van der Waals surface area contributed by atoms with E-state index in [9.17, 15) is 0 Å². The molecule has 0 bridgehead atoms. The summed E-state index contributed by atoms with van der Waals surface area (Å²) in [6.45, 7) is 8.08. The fraction of sp³-hybridized carbons (Fsp3) is 0.625. The Labute approximate surface area is 111 Å². The van der Waals surface area contributed by atoms with E-state index in [-0.39, 0.29) is 0 Å². The van der Waals surface area contributed by atoms with Gasteiger partial charge < -0.3 is 5.32 Å². The maximum atomic E-state index is 3.59. The Morgan fingerprint density at radius 1 is 1.28 bits per heavy atom. The summed E-state index contributed by atoms with van der Waals surface area (Å²) < 4.78 is 0. The van der Waals surface area contributed by atoms with Crippen LogP contribution in [-0.2, 0) is 6.54 Å². The van der Waals surface area contributed by atoms with Crippen molar-refractivity contribution in [2.75, 3.05) is 13.1 Å².